The first-order valence-corrected chi connectivity index (χ1v) is 6.52. The molecule has 6 heteroatoms. The Morgan fingerprint density at radius 2 is 1.95 bits per heavy atom. The third kappa shape index (κ3) is 4.05. The monoisotopic (exact) mass is 302 g/mol. The van der Waals surface area contributed by atoms with Crippen molar-refractivity contribution < 1.29 is 28.6 Å². The van der Waals surface area contributed by atoms with Gasteiger partial charge in [-0.2, -0.15) is 0 Å². The minimum absolute atomic E-state index is 0.0977. The lowest BCUT2D eigenvalue weighted by Crippen LogP contribution is -2.27. The highest BCUT2D eigenvalue weighted by Crippen LogP contribution is 2.12. The molecule has 0 aliphatic carbocycles. The molecule has 1 atom stereocenters. The molecule has 1 aromatic carbocycles. The van der Waals surface area contributed by atoms with Crippen LogP contribution >= 0.6 is 0 Å². The molecule has 0 saturated carbocycles. The summed E-state index contributed by atoms with van der Waals surface area (Å²) in [6.07, 6.45) is 2.63. The smallest absolute Gasteiger partial charge is 0.338 e. The van der Waals surface area contributed by atoms with Gasteiger partial charge in [0.05, 0.1) is 17.4 Å². The molecule has 1 aromatic rings. The van der Waals surface area contributed by atoms with E-state index in [0.717, 1.165) is 0 Å². The molecule has 0 radical (unpaired) electrons. The summed E-state index contributed by atoms with van der Waals surface area (Å²) in [4.78, 5) is 35.0. The van der Waals surface area contributed by atoms with Crippen LogP contribution in [0.25, 0.3) is 0 Å². The topological polar surface area (TPSA) is 78.9 Å². The minimum Gasteiger partial charge on any atom is -0.472 e. The summed E-state index contributed by atoms with van der Waals surface area (Å²) in [5, 5.41) is 0. The number of ketones is 1. The fourth-order valence-electron chi connectivity index (χ4n) is 1.74. The summed E-state index contributed by atoms with van der Waals surface area (Å²) < 4.78 is 14.9. The van der Waals surface area contributed by atoms with Crippen LogP contribution in [-0.4, -0.2) is 30.4 Å². The van der Waals surface area contributed by atoms with Crippen LogP contribution in [0, 0.1) is 0 Å². The van der Waals surface area contributed by atoms with Gasteiger partial charge in [-0.25, -0.2) is 4.79 Å². The van der Waals surface area contributed by atoms with Crippen molar-refractivity contribution in [3.63, 3.8) is 0 Å². The Labute approximate surface area is 127 Å². The summed E-state index contributed by atoms with van der Waals surface area (Å²) >= 11 is 0. The van der Waals surface area contributed by atoms with E-state index in [2.05, 4.69) is 0 Å². The molecular weight excluding hydrogens is 288 g/mol. The van der Waals surface area contributed by atoms with E-state index in [1.807, 2.05) is 0 Å². The molecule has 1 heterocycles. The Bertz CT molecular complexity index is 629. The number of hydrogen-bond acceptors (Lipinski definition) is 6. The second kappa shape index (κ2) is 7.21. The predicted molar refractivity (Wildman–Crippen MR) is 75.6 cm³/mol. The van der Waals surface area contributed by atoms with Crippen LogP contribution in [0.15, 0.2) is 54.5 Å². The van der Waals surface area contributed by atoms with Crippen molar-refractivity contribution in [2.45, 2.75) is 13.0 Å². The zero-order chi connectivity index (χ0) is 15.9. The van der Waals surface area contributed by atoms with Gasteiger partial charge in [0.25, 0.3) is 0 Å². The van der Waals surface area contributed by atoms with Gasteiger partial charge in [0.1, 0.15) is 12.9 Å². The van der Waals surface area contributed by atoms with Crippen molar-refractivity contribution in [3.05, 3.63) is 60.1 Å². The van der Waals surface area contributed by atoms with Crippen molar-refractivity contribution in [1.82, 2.24) is 0 Å². The van der Waals surface area contributed by atoms with E-state index < -0.39 is 23.8 Å². The maximum Gasteiger partial charge on any atom is 0.338 e. The zero-order valence-corrected chi connectivity index (χ0v) is 11.9. The predicted octanol–water partition coefficient (Wildman–Crippen LogP) is 1.77. The molecule has 0 unspecified atom stereocenters. The first-order chi connectivity index (χ1) is 10.6. The molecule has 22 heavy (non-hydrogen) atoms. The van der Waals surface area contributed by atoms with E-state index in [4.69, 9.17) is 14.2 Å². The zero-order valence-electron chi connectivity index (χ0n) is 11.9. The minimum atomic E-state index is -1.08. The van der Waals surface area contributed by atoms with Gasteiger partial charge in [-0.15, -0.1) is 0 Å². The maximum absolute atomic E-state index is 12.2. The SMILES string of the molecule is CC(=O)O[C@@H]1C=COC=C(COC(=O)c2ccccc2)C1=O. The van der Waals surface area contributed by atoms with E-state index in [-0.39, 0.29) is 12.2 Å². The number of carbonyl (C=O) groups excluding carboxylic acids is 3. The van der Waals surface area contributed by atoms with Crippen LogP contribution in [-0.2, 0) is 23.8 Å². The van der Waals surface area contributed by atoms with Gasteiger partial charge in [-0.1, -0.05) is 18.2 Å². The van der Waals surface area contributed by atoms with E-state index in [1.54, 1.807) is 30.3 Å². The normalized spacial score (nSPS) is 17.0. The third-order valence-electron chi connectivity index (χ3n) is 2.78. The Morgan fingerprint density at radius 1 is 1.23 bits per heavy atom. The number of benzene rings is 1. The van der Waals surface area contributed by atoms with E-state index in [1.165, 1.54) is 25.5 Å². The van der Waals surface area contributed by atoms with Gasteiger partial charge in [-0.05, 0) is 18.2 Å². The quantitative estimate of drug-likeness (QED) is 0.789. The first kappa shape index (κ1) is 15.5. The highest BCUT2D eigenvalue weighted by Gasteiger charge is 2.25. The van der Waals surface area contributed by atoms with Crippen LogP contribution in [0.1, 0.15) is 17.3 Å². The number of carbonyl (C=O) groups is 3. The Balaban J connectivity index is 2.00. The van der Waals surface area contributed by atoms with Crippen LogP contribution in [0.5, 0.6) is 0 Å². The summed E-state index contributed by atoms with van der Waals surface area (Å²) in [6, 6.07) is 8.39. The van der Waals surface area contributed by atoms with Gasteiger partial charge in [-0.3, -0.25) is 9.59 Å². The van der Waals surface area contributed by atoms with Gasteiger partial charge in [0.2, 0.25) is 5.78 Å². The lowest BCUT2D eigenvalue weighted by molar-refractivity contribution is -0.149. The van der Waals surface area contributed by atoms with E-state index >= 15 is 0 Å². The molecule has 0 fully saturated rings. The molecule has 0 bridgehead atoms. The van der Waals surface area contributed by atoms with Gasteiger partial charge in [0.15, 0.2) is 6.10 Å². The molecular formula is C16H14O6. The molecule has 114 valence electrons. The summed E-state index contributed by atoms with van der Waals surface area (Å²) in [5.41, 5.74) is 0.472. The molecule has 0 spiro atoms. The fourth-order valence-corrected chi connectivity index (χ4v) is 1.74. The van der Waals surface area contributed by atoms with Gasteiger partial charge < -0.3 is 14.2 Å². The molecule has 0 N–H and O–H groups in total. The van der Waals surface area contributed by atoms with Gasteiger partial charge in [0, 0.05) is 6.92 Å². The lowest BCUT2D eigenvalue weighted by atomic mass is 10.1. The highest BCUT2D eigenvalue weighted by atomic mass is 16.6. The number of esters is 2. The summed E-state index contributed by atoms with van der Waals surface area (Å²) in [5.74, 6) is -1.65. The van der Waals surface area contributed by atoms with Crippen molar-refractivity contribution in [2.75, 3.05) is 6.61 Å². The first-order valence-electron chi connectivity index (χ1n) is 6.52. The van der Waals surface area contributed by atoms with Crippen LogP contribution in [0.2, 0.25) is 0 Å². The maximum atomic E-state index is 12.2. The van der Waals surface area contributed by atoms with Crippen molar-refractivity contribution in [3.8, 4) is 0 Å². The van der Waals surface area contributed by atoms with Crippen molar-refractivity contribution in [1.29, 1.82) is 0 Å². The number of ether oxygens (including phenoxy) is 3. The summed E-state index contributed by atoms with van der Waals surface area (Å²) in [7, 11) is 0. The number of Topliss-reactive ketones (excluding diaryl/α,β-unsaturated/α-hetero) is 1. The average molecular weight is 302 g/mol. The highest BCUT2D eigenvalue weighted by molar-refractivity contribution is 6.01. The molecule has 6 nitrogen and oxygen atoms in total. The van der Waals surface area contributed by atoms with Crippen LogP contribution < -0.4 is 0 Å². The second-order valence-electron chi connectivity index (χ2n) is 4.44. The molecule has 2 rings (SSSR count). The molecule has 0 saturated heterocycles. The lowest BCUT2D eigenvalue weighted by Gasteiger charge is -2.12. The fraction of sp³-hybridized carbons (Fsp3) is 0.188. The van der Waals surface area contributed by atoms with Crippen molar-refractivity contribution in [2.24, 2.45) is 0 Å². The summed E-state index contributed by atoms with van der Waals surface area (Å²) in [6.45, 7) is 0.928. The molecule has 0 aromatic heterocycles. The van der Waals surface area contributed by atoms with Crippen molar-refractivity contribution >= 4 is 17.7 Å². The Morgan fingerprint density at radius 3 is 2.64 bits per heavy atom. The van der Waals surface area contributed by atoms with Crippen LogP contribution in [0.4, 0.5) is 0 Å². The number of rotatable bonds is 4. The Kier molecular flexibility index (Phi) is 5.08. The van der Waals surface area contributed by atoms with Crippen LogP contribution in [0.3, 0.4) is 0 Å². The number of hydrogen-bond donors (Lipinski definition) is 0. The molecule has 1 aliphatic rings. The standard InChI is InChI=1S/C16H14O6/c1-11(17)22-14-7-8-20-9-13(15(14)18)10-21-16(19)12-5-3-2-4-6-12/h2-9,14H,10H2,1H3/t14-/m1/s1. The largest absolute Gasteiger partial charge is 0.472 e. The van der Waals surface area contributed by atoms with E-state index in [0.29, 0.717) is 5.56 Å². The van der Waals surface area contributed by atoms with Gasteiger partial charge >= 0.3 is 11.9 Å². The molecule has 1 aliphatic heterocycles. The Hall–Kier alpha value is -2.89. The van der Waals surface area contributed by atoms with E-state index in [9.17, 15) is 14.4 Å². The third-order valence-corrected chi connectivity index (χ3v) is 2.78. The second-order valence-corrected chi connectivity index (χ2v) is 4.44. The molecule has 0 amide bonds. The average Bonchev–Trinajstić information content (AvgIpc) is 2.68.